The predicted molar refractivity (Wildman–Crippen MR) is 190 cm³/mol. The van der Waals surface area contributed by atoms with Crippen LogP contribution in [0.3, 0.4) is 0 Å². The molecule has 12 heteroatoms. The molecule has 48 heavy (non-hydrogen) atoms. The summed E-state index contributed by atoms with van der Waals surface area (Å²) in [6.45, 7) is 6.59. The zero-order chi connectivity index (χ0) is 34.0. The van der Waals surface area contributed by atoms with E-state index >= 15 is 0 Å². The maximum absolute atomic E-state index is 13.7. The van der Waals surface area contributed by atoms with Crippen molar-refractivity contribution >= 4 is 58.3 Å². The minimum atomic E-state index is -0.328. The average Bonchev–Trinajstić information content (AvgIpc) is 3.69. The van der Waals surface area contributed by atoms with Gasteiger partial charge in [-0.2, -0.15) is 5.10 Å². The first kappa shape index (κ1) is 34.3. The van der Waals surface area contributed by atoms with E-state index < -0.39 is 0 Å². The van der Waals surface area contributed by atoms with Crippen LogP contribution in [0.25, 0.3) is 6.08 Å². The van der Waals surface area contributed by atoms with Gasteiger partial charge in [0.2, 0.25) is 0 Å². The van der Waals surface area contributed by atoms with Crippen LogP contribution in [0.5, 0.6) is 17.2 Å². The lowest BCUT2D eigenvalue weighted by atomic mass is 10.2. The van der Waals surface area contributed by atoms with Gasteiger partial charge >= 0.3 is 0 Å². The van der Waals surface area contributed by atoms with Crippen LogP contribution in [-0.4, -0.2) is 48.4 Å². The maximum Gasteiger partial charge on any atom is 0.267 e. The molecule has 2 amide bonds. The van der Waals surface area contributed by atoms with Crippen molar-refractivity contribution < 1.29 is 28.2 Å². The number of nitrogens with zero attached hydrogens (tertiary/aromatic N) is 3. The van der Waals surface area contributed by atoms with E-state index in [9.17, 15) is 9.59 Å². The topological polar surface area (TPSA) is 115 Å². The maximum atomic E-state index is 13.7. The lowest BCUT2D eigenvalue weighted by Crippen LogP contribution is -2.28. The van der Waals surface area contributed by atoms with E-state index in [0.29, 0.717) is 61.9 Å². The van der Waals surface area contributed by atoms with Crippen molar-refractivity contribution in [1.82, 2.24) is 4.90 Å². The number of aryl methyl sites for hydroxylation is 1. The first-order valence-electron chi connectivity index (χ1n) is 15.1. The van der Waals surface area contributed by atoms with Gasteiger partial charge in [-0.25, -0.2) is 0 Å². The highest BCUT2D eigenvalue weighted by atomic mass is 35.5. The van der Waals surface area contributed by atoms with Gasteiger partial charge in [0.25, 0.3) is 11.8 Å². The number of carbonyl (C=O) groups excluding carboxylic acids is 2. The van der Waals surface area contributed by atoms with Crippen LogP contribution < -0.4 is 19.5 Å². The molecule has 3 aromatic carbocycles. The van der Waals surface area contributed by atoms with Crippen molar-refractivity contribution in [3.8, 4) is 17.2 Å². The lowest BCUT2D eigenvalue weighted by molar-refractivity contribution is -0.122. The van der Waals surface area contributed by atoms with E-state index in [4.69, 9.17) is 30.2 Å². The summed E-state index contributed by atoms with van der Waals surface area (Å²) in [4.78, 5) is 28.1. The summed E-state index contributed by atoms with van der Waals surface area (Å²) in [5.74, 6) is 1.92. The highest BCUT2D eigenvalue weighted by Gasteiger charge is 2.34. The number of carbonyl (C=O) groups is 2. The molecular weight excluding hydrogens is 652 g/mol. The van der Waals surface area contributed by atoms with Crippen molar-refractivity contribution in [3.63, 3.8) is 0 Å². The summed E-state index contributed by atoms with van der Waals surface area (Å²) in [5, 5.41) is 12.3. The molecule has 1 aliphatic heterocycles. The summed E-state index contributed by atoms with van der Waals surface area (Å²) in [5.41, 5.74) is 3.01. The number of methoxy groups -OCH3 is 1. The van der Waals surface area contributed by atoms with E-state index in [1.807, 2.05) is 43.3 Å². The molecule has 2 heterocycles. The van der Waals surface area contributed by atoms with Crippen molar-refractivity contribution in [2.45, 2.75) is 27.3 Å². The van der Waals surface area contributed by atoms with Gasteiger partial charge in [-0.15, -0.1) is 5.10 Å². The number of nitrogens with one attached hydrogen (secondary N) is 1. The van der Waals surface area contributed by atoms with Crippen LogP contribution in [0.1, 0.15) is 36.3 Å². The molecule has 1 fully saturated rings. The second kappa shape index (κ2) is 16.2. The number of ether oxygens (including phenoxy) is 3. The van der Waals surface area contributed by atoms with Crippen molar-refractivity contribution in [2.24, 2.45) is 16.1 Å². The molecule has 10 nitrogen and oxygen atoms in total. The number of amidine groups is 1. The average molecular weight is 687 g/mol. The molecular formula is C36H35ClN4O6S. The standard InChI is InChI=1S/C36H35ClN4O6S/c1-23(2)21-46-31-13-9-25(16-32(31)44-4)19-38-40-36-41(20-29-6-5-15-45-29)35(43)33(48-36)18-26-17-27(37)10-14-30(26)47-22-34(42)39-28-11-7-24(3)8-12-28/h5-19,23H,20-22H2,1-4H3,(H,39,42)/b33-18-,38-19+,40-36-. The Bertz CT molecular complexity index is 1840. The molecule has 0 radical (unpaired) electrons. The zero-order valence-electron chi connectivity index (χ0n) is 26.9. The second-order valence-corrected chi connectivity index (χ2v) is 12.7. The molecule has 0 spiro atoms. The van der Waals surface area contributed by atoms with Crippen LogP contribution >= 0.6 is 23.4 Å². The number of furan rings is 1. The van der Waals surface area contributed by atoms with Crippen molar-refractivity contribution in [2.75, 3.05) is 25.6 Å². The van der Waals surface area contributed by atoms with E-state index in [2.05, 4.69) is 29.4 Å². The minimum Gasteiger partial charge on any atom is -0.493 e. The number of halogens is 1. The monoisotopic (exact) mass is 686 g/mol. The van der Waals surface area contributed by atoms with Gasteiger partial charge in [0.15, 0.2) is 23.3 Å². The van der Waals surface area contributed by atoms with Crippen LogP contribution in [0.4, 0.5) is 5.69 Å². The molecule has 0 aliphatic carbocycles. The summed E-state index contributed by atoms with van der Waals surface area (Å²) < 4.78 is 22.7. The number of hydrogen-bond donors (Lipinski definition) is 1. The molecule has 1 N–H and O–H groups in total. The Morgan fingerprint density at radius 1 is 1.04 bits per heavy atom. The smallest absolute Gasteiger partial charge is 0.267 e. The molecule has 0 unspecified atom stereocenters. The second-order valence-electron chi connectivity index (χ2n) is 11.2. The third-order valence-corrected chi connectivity index (χ3v) is 8.08. The molecule has 0 saturated carbocycles. The Balaban J connectivity index is 1.35. The van der Waals surface area contributed by atoms with E-state index in [1.54, 1.807) is 62.1 Å². The number of benzene rings is 3. The molecule has 5 rings (SSSR count). The summed E-state index contributed by atoms with van der Waals surface area (Å²) >= 11 is 7.47. The fraction of sp³-hybridized carbons (Fsp3) is 0.222. The Hall–Kier alpha value is -5.00. The van der Waals surface area contributed by atoms with E-state index in [-0.39, 0.29) is 25.0 Å². The van der Waals surface area contributed by atoms with E-state index in [1.165, 1.54) is 4.90 Å². The molecule has 0 bridgehead atoms. The number of rotatable bonds is 13. The van der Waals surface area contributed by atoms with Crippen LogP contribution in [-0.2, 0) is 16.1 Å². The van der Waals surface area contributed by atoms with Gasteiger partial charge in [0, 0.05) is 16.3 Å². The van der Waals surface area contributed by atoms with Gasteiger partial charge < -0.3 is 23.9 Å². The first-order valence-corrected chi connectivity index (χ1v) is 16.3. The Labute approximate surface area is 288 Å². The zero-order valence-corrected chi connectivity index (χ0v) is 28.5. The highest BCUT2D eigenvalue weighted by Crippen LogP contribution is 2.36. The third-order valence-electron chi connectivity index (χ3n) is 6.84. The first-order chi connectivity index (χ1) is 23.2. The largest absolute Gasteiger partial charge is 0.493 e. The van der Waals surface area contributed by atoms with Crippen molar-refractivity contribution in [1.29, 1.82) is 0 Å². The van der Waals surface area contributed by atoms with Gasteiger partial charge in [-0.05, 0) is 96.9 Å². The Morgan fingerprint density at radius 3 is 2.56 bits per heavy atom. The summed E-state index contributed by atoms with van der Waals surface area (Å²) in [7, 11) is 1.58. The fourth-order valence-corrected chi connectivity index (χ4v) is 5.55. The lowest BCUT2D eigenvalue weighted by Gasteiger charge is -2.13. The summed E-state index contributed by atoms with van der Waals surface area (Å²) in [6, 6.07) is 21.5. The molecule has 0 atom stereocenters. The number of anilines is 1. The molecule has 1 aromatic heterocycles. The predicted octanol–water partition coefficient (Wildman–Crippen LogP) is 7.81. The number of amides is 2. The van der Waals surface area contributed by atoms with Gasteiger partial charge in [-0.1, -0.05) is 43.1 Å². The molecule has 1 aliphatic rings. The molecule has 248 valence electrons. The van der Waals surface area contributed by atoms with Crippen LogP contribution in [0.15, 0.2) is 98.6 Å². The molecule has 1 saturated heterocycles. The number of thioether (sulfide) groups is 1. The normalized spacial score (nSPS) is 14.8. The SMILES string of the molecule is COc1cc(/C=N/N=C2\S/C(=C\c3cc(Cl)ccc3OCC(=O)Nc3ccc(C)cc3)C(=O)N2Cc2ccco2)ccc1OCC(C)C. The van der Waals surface area contributed by atoms with Crippen molar-refractivity contribution in [3.05, 3.63) is 111 Å². The Morgan fingerprint density at radius 2 is 1.83 bits per heavy atom. The van der Waals surface area contributed by atoms with Gasteiger partial charge in [0.05, 0.1) is 37.6 Å². The van der Waals surface area contributed by atoms with Crippen LogP contribution in [0.2, 0.25) is 5.02 Å². The third kappa shape index (κ3) is 9.30. The minimum absolute atomic E-state index is 0.151. The quantitative estimate of drug-likeness (QED) is 0.0867. The van der Waals surface area contributed by atoms with E-state index in [0.717, 1.165) is 22.9 Å². The fourth-order valence-electron chi connectivity index (χ4n) is 4.45. The van der Waals surface area contributed by atoms with Crippen LogP contribution in [0, 0.1) is 12.8 Å². The van der Waals surface area contributed by atoms with Gasteiger partial charge in [-0.3, -0.25) is 14.5 Å². The number of hydrogen-bond acceptors (Lipinski definition) is 9. The summed E-state index contributed by atoms with van der Waals surface area (Å²) in [6.07, 6.45) is 4.78. The highest BCUT2D eigenvalue weighted by molar-refractivity contribution is 8.18. The van der Waals surface area contributed by atoms with Gasteiger partial charge in [0.1, 0.15) is 11.5 Å². The Kier molecular flexibility index (Phi) is 11.6. The molecule has 4 aromatic rings.